The molecule has 0 aromatic heterocycles. The maximum Gasteiger partial charge on any atom is 0.159 e. The van der Waals surface area contributed by atoms with Crippen LogP contribution in [0.25, 0.3) is 0 Å². The average Bonchev–Trinajstić information content (AvgIpc) is 2.23. The molecule has 0 atom stereocenters. The van der Waals surface area contributed by atoms with E-state index in [9.17, 15) is 4.79 Å². The van der Waals surface area contributed by atoms with Crippen LogP contribution >= 0.6 is 0 Å². The zero-order valence-electron chi connectivity index (χ0n) is 13.2. The van der Waals surface area contributed by atoms with E-state index in [1.165, 1.54) is 0 Å². The van der Waals surface area contributed by atoms with Crippen LogP contribution in [0.2, 0.25) is 0 Å². The zero-order chi connectivity index (χ0) is 14.8. The third kappa shape index (κ3) is 4.38. The molecule has 0 N–H and O–H groups in total. The molecule has 0 spiro atoms. The van der Waals surface area contributed by atoms with Gasteiger partial charge in [-0.15, -0.1) is 0 Å². The van der Waals surface area contributed by atoms with Crippen LogP contribution in [0.15, 0.2) is 24.3 Å². The van der Waals surface area contributed by atoms with Crippen LogP contribution < -0.4 is 4.74 Å². The number of benzene rings is 1. The van der Waals surface area contributed by atoms with Gasteiger partial charge in [0.25, 0.3) is 0 Å². The molecule has 106 valence electrons. The number of carbonyl (C=O) groups excluding carboxylic acids is 1. The summed E-state index contributed by atoms with van der Waals surface area (Å²) in [6.45, 7) is 14.7. The van der Waals surface area contributed by atoms with Crippen LogP contribution in [-0.4, -0.2) is 11.9 Å². The number of hydrogen-bond donors (Lipinski definition) is 0. The van der Waals surface area contributed by atoms with E-state index in [1.807, 2.05) is 24.3 Å². The topological polar surface area (TPSA) is 26.3 Å². The van der Waals surface area contributed by atoms with Gasteiger partial charge >= 0.3 is 0 Å². The van der Waals surface area contributed by atoms with Crippen molar-refractivity contribution in [1.82, 2.24) is 0 Å². The van der Waals surface area contributed by atoms with Gasteiger partial charge in [-0.3, -0.25) is 4.79 Å². The van der Waals surface area contributed by atoms with Gasteiger partial charge in [-0.1, -0.05) is 41.5 Å². The van der Waals surface area contributed by atoms with Crippen LogP contribution in [0, 0.1) is 10.8 Å². The number of hydrogen-bond acceptors (Lipinski definition) is 2. The van der Waals surface area contributed by atoms with E-state index in [-0.39, 0.29) is 22.7 Å². The molecule has 1 aromatic carbocycles. The predicted octanol–water partition coefficient (Wildman–Crippen LogP) is 4.73. The Morgan fingerprint density at radius 2 is 1.37 bits per heavy atom. The molecule has 0 radical (unpaired) electrons. The molecular formula is C17H26O2. The molecule has 0 aliphatic heterocycles. The van der Waals surface area contributed by atoms with Gasteiger partial charge in [0, 0.05) is 5.56 Å². The van der Waals surface area contributed by atoms with Gasteiger partial charge in [0.1, 0.15) is 11.9 Å². The van der Waals surface area contributed by atoms with E-state index in [1.54, 1.807) is 6.92 Å². The third-order valence-electron chi connectivity index (χ3n) is 3.09. The van der Waals surface area contributed by atoms with Crippen LogP contribution in [0.5, 0.6) is 5.75 Å². The minimum atomic E-state index is 0.0531. The summed E-state index contributed by atoms with van der Waals surface area (Å²) >= 11 is 0. The summed E-state index contributed by atoms with van der Waals surface area (Å²) in [6, 6.07) is 7.39. The van der Waals surface area contributed by atoms with E-state index < -0.39 is 0 Å². The predicted molar refractivity (Wildman–Crippen MR) is 79.8 cm³/mol. The van der Waals surface area contributed by atoms with Crippen molar-refractivity contribution in [3.8, 4) is 5.75 Å². The molecule has 0 saturated carbocycles. The standard InChI is InChI=1S/C17H26O2/c1-12(18)13-8-10-14(11-9-13)19-15(16(2,3)4)17(5,6)7/h8-11,15H,1-7H3. The molecule has 0 aliphatic carbocycles. The highest BCUT2D eigenvalue weighted by Crippen LogP contribution is 2.36. The highest BCUT2D eigenvalue weighted by Gasteiger charge is 2.36. The summed E-state index contributed by atoms with van der Waals surface area (Å²) in [6.07, 6.45) is 0.100. The molecule has 2 nitrogen and oxygen atoms in total. The van der Waals surface area contributed by atoms with E-state index in [0.717, 1.165) is 11.3 Å². The lowest BCUT2D eigenvalue weighted by atomic mass is 9.74. The molecule has 0 fully saturated rings. The molecule has 19 heavy (non-hydrogen) atoms. The third-order valence-corrected chi connectivity index (χ3v) is 3.09. The fraction of sp³-hybridized carbons (Fsp3) is 0.588. The zero-order valence-corrected chi connectivity index (χ0v) is 13.2. The van der Waals surface area contributed by atoms with Gasteiger partial charge < -0.3 is 4.74 Å². The maximum absolute atomic E-state index is 11.3. The minimum Gasteiger partial charge on any atom is -0.489 e. The lowest BCUT2D eigenvalue weighted by Gasteiger charge is -2.40. The molecule has 0 saturated heterocycles. The van der Waals surface area contributed by atoms with Crippen molar-refractivity contribution < 1.29 is 9.53 Å². The Morgan fingerprint density at radius 3 is 1.68 bits per heavy atom. The molecule has 1 aromatic rings. The first-order chi connectivity index (χ1) is 8.51. The number of Topliss-reactive ketones (excluding diaryl/α,β-unsaturated/α-hetero) is 1. The van der Waals surface area contributed by atoms with E-state index in [4.69, 9.17) is 4.74 Å². The number of ether oxygens (including phenoxy) is 1. The van der Waals surface area contributed by atoms with Crippen LogP contribution in [0.1, 0.15) is 58.8 Å². The number of ketones is 1. The Bertz CT molecular complexity index is 416. The van der Waals surface area contributed by atoms with Crippen molar-refractivity contribution in [2.24, 2.45) is 10.8 Å². The van der Waals surface area contributed by atoms with Crippen molar-refractivity contribution >= 4 is 5.78 Å². The van der Waals surface area contributed by atoms with Crippen molar-refractivity contribution in [3.05, 3.63) is 29.8 Å². The fourth-order valence-electron chi connectivity index (χ4n) is 2.56. The maximum atomic E-state index is 11.3. The largest absolute Gasteiger partial charge is 0.489 e. The van der Waals surface area contributed by atoms with E-state index in [2.05, 4.69) is 41.5 Å². The summed E-state index contributed by atoms with van der Waals surface area (Å²) in [4.78, 5) is 11.3. The lowest BCUT2D eigenvalue weighted by molar-refractivity contribution is -0.00170. The summed E-state index contributed by atoms with van der Waals surface area (Å²) in [5.41, 5.74) is 0.824. The molecule has 0 unspecified atom stereocenters. The second-order valence-corrected chi connectivity index (χ2v) is 7.31. The lowest BCUT2D eigenvalue weighted by Crippen LogP contribution is -2.42. The highest BCUT2D eigenvalue weighted by atomic mass is 16.5. The summed E-state index contributed by atoms with van der Waals surface area (Å²) < 4.78 is 6.17. The van der Waals surface area contributed by atoms with Crippen molar-refractivity contribution in [2.75, 3.05) is 0 Å². The first-order valence-electron chi connectivity index (χ1n) is 6.79. The first kappa shape index (κ1) is 15.7. The van der Waals surface area contributed by atoms with Gasteiger partial charge in [0.2, 0.25) is 0 Å². The Labute approximate surface area is 117 Å². The second kappa shape index (κ2) is 5.36. The van der Waals surface area contributed by atoms with Crippen LogP contribution in [-0.2, 0) is 0 Å². The van der Waals surface area contributed by atoms with E-state index >= 15 is 0 Å². The monoisotopic (exact) mass is 262 g/mol. The van der Waals surface area contributed by atoms with E-state index in [0.29, 0.717) is 0 Å². The van der Waals surface area contributed by atoms with Crippen molar-refractivity contribution in [2.45, 2.75) is 54.6 Å². The normalized spacial score (nSPS) is 12.6. The van der Waals surface area contributed by atoms with Crippen LogP contribution in [0.3, 0.4) is 0 Å². The highest BCUT2D eigenvalue weighted by molar-refractivity contribution is 5.94. The first-order valence-corrected chi connectivity index (χ1v) is 6.79. The van der Waals surface area contributed by atoms with Gasteiger partial charge in [0.05, 0.1) is 0 Å². The molecule has 0 aliphatic rings. The Hall–Kier alpha value is -1.31. The summed E-state index contributed by atoms with van der Waals surface area (Å²) in [5, 5.41) is 0. The van der Waals surface area contributed by atoms with Crippen LogP contribution in [0.4, 0.5) is 0 Å². The van der Waals surface area contributed by atoms with Crippen molar-refractivity contribution in [3.63, 3.8) is 0 Å². The molecule has 0 amide bonds. The van der Waals surface area contributed by atoms with Gasteiger partial charge in [0.15, 0.2) is 5.78 Å². The second-order valence-electron chi connectivity index (χ2n) is 7.31. The molecule has 2 heteroatoms. The van der Waals surface area contributed by atoms with Gasteiger partial charge in [-0.25, -0.2) is 0 Å². The molecule has 1 rings (SSSR count). The van der Waals surface area contributed by atoms with Gasteiger partial charge in [-0.05, 0) is 42.0 Å². The summed E-state index contributed by atoms with van der Waals surface area (Å²) in [5.74, 6) is 0.898. The Morgan fingerprint density at radius 1 is 0.947 bits per heavy atom. The molecule has 0 bridgehead atoms. The summed E-state index contributed by atoms with van der Waals surface area (Å²) in [7, 11) is 0. The molecule has 0 heterocycles. The smallest absolute Gasteiger partial charge is 0.159 e. The fourth-order valence-corrected chi connectivity index (χ4v) is 2.56. The average molecular weight is 262 g/mol. The Kier molecular flexibility index (Phi) is 4.44. The molecular weight excluding hydrogens is 236 g/mol. The van der Waals surface area contributed by atoms with Gasteiger partial charge in [-0.2, -0.15) is 0 Å². The SMILES string of the molecule is CC(=O)c1ccc(OC(C(C)(C)C)C(C)(C)C)cc1. The Balaban J connectivity index is 2.95. The number of carbonyl (C=O) groups is 1. The quantitative estimate of drug-likeness (QED) is 0.736. The minimum absolute atomic E-state index is 0.0531. The van der Waals surface area contributed by atoms with Crippen molar-refractivity contribution in [1.29, 1.82) is 0 Å². The number of rotatable bonds is 3.